The van der Waals surface area contributed by atoms with Gasteiger partial charge in [-0.05, 0) is 50.3 Å². The van der Waals surface area contributed by atoms with Crippen molar-refractivity contribution in [1.29, 1.82) is 0 Å². The van der Waals surface area contributed by atoms with Crippen LogP contribution in [0.1, 0.15) is 23.6 Å². The van der Waals surface area contributed by atoms with E-state index in [1.807, 2.05) is 25.2 Å². The van der Waals surface area contributed by atoms with Gasteiger partial charge in [0.25, 0.3) is 0 Å². The van der Waals surface area contributed by atoms with Gasteiger partial charge in [0.2, 0.25) is 0 Å². The van der Waals surface area contributed by atoms with Crippen molar-refractivity contribution in [2.75, 3.05) is 20.6 Å². The minimum absolute atomic E-state index is 0.185. The highest BCUT2D eigenvalue weighted by molar-refractivity contribution is 5.20. The van der Waals surface area contributed by atoms with Gasteiger partial charge in [-0.15, -0.1) is 0 Å². The summed E-state index contributed by atoms with van der Waals surface area (Å²) in [4.78, 5) is 2.31. The molecule has 1 unspecified atom stereocenters. The highest BCUT2D eigenvalue weighted by Gasteiger charge is 2.10. The van der Waals surface area contributed by atoms with Gasteiger partial charge in [-0.25, -0.2) is 4.39 Å². The van der Waals surface area contributed by atoms with E-state index in [0.29, 0.717) is 0 Å². The van der Waals surface area contributed by atoms with E-state index in [1.165, 1.54) is 17.7 Å². The minimum Gasteiger partial charge on any atom is -0.313 e. The van der Waals surface area contributed by atoms with Gasteiger partial charge in [-0.3, -0.25) is 0 Å². The predicted molar refractivity (Wildman–Crippen MR) is 85.6 cm³/mol. The van der Waals surface area contributed by atoms with Crippen LogP contribution in [0.15, 0.2) is 54.6 Å². The van der Waals surface area contributed by atoms with Crippen LogP contribution in [0, 0.1) is 5.82 Å². The van der Waals surface area contributed by atoms with Crippen LogP contribution in [-0.2, 0) is 6.54 Å². The van der Waals surface area contributed by atoms with E-state index >= 15 is 0 Å². The number of rotatable bonds is 7. The lowest BCUT2D eigenvalue weighted by molar-refractivity contribution is 0.304. The summed E-state index contributed by atoms with van der Waals surface area (Å²) in [5, 5.41) is 3.31. The second kappa shape index (κ2) is 7.91. The zero-order valence-electron chi connectivity index (χ0n) is 12.7. The van der Waals surface area contributed by atoms with Crippen molar-refractivity contribution in [2.24, 2.45) is 0 Å². The number of nitrogens with zero attached hydrogens (tertiary/aromatic N) is 1. The summed E-state index contributed by atoms with van der Waals surface area (Å²) in [7, 11) is 4.08. The molecule has 2 rings (SSSR count). The fourth-order valence-corrected chi connectivity index (χ4v) is 2.50. The molecule has 0 spiro atoms. The molecule has 2 nitrogen and oxygen atoms in total. The maximum Gasteiger partial charge on any atom is 0.123 e. The van der Waals surface area contributed by atoms with Crippen LogP contribution < -0.4 is 5.32 Å². The van der Waals surface area contributed by atoms with Crippen LogP contribution >= 0.6 is 0 Å². The van der Waals surface area contributed by atoms with Crippen LogP contribution in [0.5, 0.6) is 0 Å². The smallest absolute Gasteiger partial charge is 0.123 e. The molecule has 2 aromatic rings. The van der Waals surface area contributed by atoms with Crippen molar-refractivity contribution in [2.45, 2.75) is 19.0 Å². The van der Waals surface area contributed by atoms with Crippen LogP contribution in [0.2, 0.25) is 0 Å². The Bertz CT molecular complexity index is 525. The van der Waals surface area contributed by atoms with E-state index in [9.17, 15) is 4.39 Å². The van der Waals surface area contributed by atoms with Crippen molar-refractivity contribution >= 4 is 0 Å². The average Bonchev–Trinajstić information content (AvgIpc) is 2.50. The summed E-state index contributed by atoms with van der Waals surface area (Å²) < 4.78 is 13.0. The summed E-state index contributed by atoms with van der Waals surface area (Å²) in [6.45, 7) is 1.93. The fraction of sp³-hybridized carbons (Fsp3) is 0.333. The largest absolute Gasteiger partial charge is 0.313 e. The van der Waals surface area contributed by atoms with Gasteiger partial charge in [0, 0.05) is 12.6 Å². The highest BCUT2D eigenvalue weighted by atomic mass is 19.1. The molecule has 21 heavy (non-hydrogen) atoms. The van der Waals surface area contributed by atoms with Crippen molar-refractivity contribution in [3.05, 3.63) is 71.5 Å². The lowest BCUT2D eigenvalue weighted by Gasteiger charge is -2.22. The molecule has 1 atom stereocenters. The summed E-state index contributed by atoms with van der Waals surface area (Å²) in [5.41, 5.74) is 2.45. The first-order valence-corrected chi connectivity index (χ1v) is 7.34. The molecule has 0 amide bonds. The summed E-state index contributed by atoms with van der Waals surface area (Å²) in [6.07, 6.45) is 0.992. The Hall–Kier alpha value is -1.71. The number of halogens is 1. The van der Waals surface area contributed by atoms with Crippen LogP contribution in [0.25, 0.3) is 0 Å². The fourth-order valence-electron chi connectivity index (χ4n) is 2.50. The molecule has 2 aromatic carbocycles. The summed E-state index contributed by atoms with van der Waals surface area (Å²) in [5.74, 6) is -0.185. The summed E-state index contributed by atoms with van der Waals surface area (Å²) >= 11 is 0. The van der Waals surface area contributed by atoms with Crippen molar-refractivity contribution < 1.29 is 4.39 Å². The van der Waals surface area contributed by atoms with E-state index < -0.39 is 0 Å². The van der Waals surface area contributed by atoms with Gasteiger partial charge >= 0.3 is 0 Å². The average molecular weight is 286 g/mol. The quantitative estimate of drug-likeness (QED) is 0.836. The first kappa shape index (κ1) is 15.7. The molecule has 1 N–H and O–H groups in total. The van der Waals surface area contributed by atoms with Crippen LogP contribution in [0.4, 0.5) is 4.39 Å². The Labute approximate surface area is 126 Å². The Morgan fingerprint density at radius 2 is 1.71 bits per heavy atom. The zero-order valence-corrected chi connectivity index (χ0v) is 12.7. The minimum atomic E-state index is -0.185. The normalized spacial score (nSPS) is 12.6. The van der Waals surface area contributed by atoms with Crippen molar-refractivity contribution in [1.82, 2.24) is 10.2 Å². The topological polar surface area (TPSA) is 15.3 Å². The maximum atomic E-state index is 13.0. The molecule has 0 heterocycles. The van der Waals surface area contributed by atoms with Crippen LogP contribution in [-0.4, -0.2) is 25.5 Å². The number of benzene rings is 2. The molecule has 0 fully saturated rings. The van der Waals surface area contributed by atoms with Gasteiger partial charge in [0.15, 0.2) is 0 Å². The number of nitrogens with one attached hydrogen (secondary N) is 1. The standard InChI is InChI=1S/C18H23FN2/c1-20-18(16-8-10-17(19)11-9-16)12-13-21(2)14-15-6-4-3-5-7-15/h3-11,18,20H,12-14H2,1-2H3. The van der Waals surface area contributed by atoms with E-state index in [0.717, 1.165) is 25.1 Å². The lowest BCUT2D eigenvalue weighted by atomic mass is 10.0. The van der Waals surface area contributed by atoms with E-state index in [-0.39, 0.29) is 11.9 Å². The number of hydrogen-bond acceptors (Lipinski definition) is 2. The third-order valence-electron chi connectivity index (χ3n) is 3.72. The van der Waals surface area contributed by atoms with E-state index in [4.69, 9.17) is 0 Å². The van der Waals surface area contributed by atoms with E-state index in [1.54, 1.807) is 0 Å². The van der Waals surface area contributed by atoms with Gasteiger partial charge in [-0.1, -0.05) is 42.5 Å². The zero-order chi connectivity index (χ0) is 15.1. The molecule has 0 bridgehead atoms. The number of hydrogen-bond donors (Lipinski definition) is 1. The lowest BCUT2D eigenvalue weighted by Crippen LogP contribution is -2.25. The molecule has 0 aliphatic carbocycles. The molecule has 0 radical (unpaired) electrons. The van der Waals surface area contributed by atoms with Crippen molar-refractivity contribution in [3.63, 3.8) is 0 Å². The second-order valence-corrected chi connectivity index (χ2v) is 5.40. The Kier molecular flexibility index (Phi) is 5.90. The van der Waals surface area contributed by atoms with Gasteiger partial charge in [0.1, 0.15) is 5.82 Å². The molecule has 3 heteroatoms. The molecule has 112 valence electrons. The third kappa shape index (κ3) is 4.96. The Morgan fingerprint density at radius 1 is 1.05 bits per heavy atom. The Morgan fingerprint density at radius 3 is 2.33 bits per heavy atom. The molecular weight excluding hydrogens is 263 g/mol. The molecule has 0 aliphatic rings. The molecule has 0 saturated carbocycles. The van der Waals surface area contributed by atoms with Gasteiger partial charge < -0.3 is 10.2 Å². The molecule has 0 aliphatic heterocycles. The molecule has 0 aromatic heterocycles. The second-order valence-electron chi connectivity index (χ2n) is 5.40. The first-order chi connectivity index (χ1) is 10.2. The predicted octanol–water partition coefficient (Wildman–Crippen LogP) is 3.61. The first-order valence-electron chi connectivity index (χ1n) is 7.34. The monoisotopic (exact) mass is 286 g/mol. The highest BCUT2D eigenvalue weighted by Crippen LogP contribution is 2.17. The van der Waals surface area contributed by atoms with Crippen molar-refractivity contribution in [3.8, 4) is 0 Å². The maximum absolute atomic E-state index is 13.0. The summed E-state index contributed by atoms with van der Waals surface area (Å²) in [6, 6.07) is 17.5. The SMILES string of the molecule is CNC(CCN(C)Cc1ccccc1)c1ccc(F)cc1. The third-order valence-corrected chi connectivity index (χ3v) is 3.72. The molecule has 0 saturated heterocycles. The van der Waals surface area contributed by atoms with E-state index in [2.05, 4.69) is 41.5 Å². The Balaban J connectivity index is 1.86. The van der Waals surface area contributed by atoms with Gasteiger partial charge in [-0.2, -0.15) is 0 Å². The van der Waals surface area contributed by atoms with Crippen LogP contribution in [0.3, 0.4) is 0 Å². The van der Waals surface area contributed by atoms with Gasteiger partial charge in [0.05, 0.1) is 0 Å². The molecular formula is C18H23FN2.